The maximum atomic E-state index is 11.0. The standard InChI is InChI=1S/C11H14N2O3S2/c1-18(14,15)6-2-5-17-11-13-9-7-8(12)3-4-10(9)16-11/h3-4,7H,2,5-6,12H2,1H3. The lowest BCUT2D eigenvalue weighted by molar-refractivity contribution is 0.489. The second-order valence-corrected chi connectivity index (χ2v) is 7.34. The molecule has 98 valence electrons. The Bertz CT molecular complexity index is 649. The molecule has 0 fully saturated rings. The minimum atomic E-state index is -2.89. The number of oxazole rings is 1. The minimum absolute atomic E-state index is 0.188. The number of anilines is 1. The van der Waals surface area contributed by atoms with Crippen molar-refractivity contribution in [2.45, 2.75) is 11.6 Å². The third-order valence-corrected chi connectivity index (χ3v) is 4.22. The fourth-order valence-electron chi connectivity index (χ4n) is 1.47. The van der Waals surface area contributed by atoms with Crippen molar-refractivity contribution in [1.82, 2.24) is 4.98 Å². The van der Waals surface area contributed by atoms with Crippen molar-refractivity contribution in [3.05, 3.63) is 18.2 Å². The van der Waals surface area contributed by atoms with Crippen molar-refractivity contribution >= 4 is 38.4 Å². The molecule has 2 rings (SSSR count). The van der Waals surface area contributed by atoms with Crippen molar-refractivity contribution in [2.75, 3.05) is 23.5 Å². The largest absolute Gasteiger partial charge is 0.431 e. The number of sulfone groups is 1. The fraction of sp³-hybridized carbons (Fsp3) is 0.364. The molecule has 0 radical (unpaired) electrons. The normalized spacial score (nSPS) is 12.1. The van der Waals surface area contributed by atoms with E-state index in [1.54, 1.807) is 18.2 Å². The number of thioether (sulfide) groups is 1. The van der Waals surface area contributed by atoms with Crippen LogP contribution in [-0.4, -0.2) is 31.2 Å². The number of hydrogen-bond acceptors (Lipinski definition) is 6. The van der Waals surface area contributed by atoms with Crippen LogP contribution in [0.5, 0.6) is 0 Å². The van der Waals surface area contributed by atoms with Crippen molar-refractivity contribution in [2.24, 2.45) is 0 Å². The summed E-state index contributed by atoms with van der Waals surface area (Å²) in [4.78, 5) is 4.27. The molecule has 2 N–H and O–H groups in total. The smallest absolute Gasteiger partial charge is 0.256 e. The highest BCUT2D eigenvalue weighted by Crippen LogP contribution is 2.25. The van der Waals surface area contributed by atoms with Crippen LogP contribution in [0.1, 0.15) is 6.42 Å². The summed E-state index contributed by atoms with van der Waals surface area (Å²) in [5.74, 6) is 0.850. The fourth-order valence-corrected chi connectivity index (χ4v) is 3.09. The Balaban J connectivity index is 1.96. The molecule has 5 nitrogen and oxygen atoms in total. The summed E-state index contributed by atoms with van der Waals surface area (Å²) in [7, 11) is -2.89. The van der Waals surface area contributed by atoms with Crippen molar-refractivity contribution in [3.63, 3.8) is 0 Å². The third kappa shape index (κ3) is 3.64. The number of hydrogen-bond donors (Lipinski definition) is 1. The van der Waals surface area contributed by atoms with Gasteiger partial charge in [-0.25, -0.2) is 13.4 Å². The quantitative estimate of drug-likeness (QED) is 0.513. The van der Waals surface area contributed by atoms with Gasteiger partial charge in [0.2, 0.25) is 0 Å². The van der Waals surface area contributed by atoms with Crippen LogP contribution in [0, 0.1) is 0 Å². The molecule has 0 amide bonds. The van der Waals surface area contributed by atoms with Crippen molar-refractivity contribution in [3.8, 4) is 0 Å². The van der Waals surface area contributed by atoms with E-state index < -0.39 is 9.84 Å². The van der Waals surface area contributed by atoms with E-state index >= 15 is 0 Å². The van der Waals surface area contributed by atoms with E-state index in [-0.39, 0.29) is 5.75 Å². The van der Waals surface area contributed by atoms with E-state index in [9.17, 15) is 8.42 Å². The third-order valence-electron chi connectivity index (χ3n) is 2.28. The number of nitrogen functional groups attached to an aromatic ring is 1. The number of benzene rings is 1. The van der Waals surface area contributed by atoms with Gasteiger partial charge in [-0.05, 0) is 24.6 Å². The van der Waals surface area contributed by atoms with Gasteiger partial charge in [0.1, 0.15) is 15.4 Å². The van der Waals surface area contributed by atoms with E-state index in [2.05, 4.69) is 4.98 Å². The Morgan fingerprint density at radius 2 is 2.22 bits per heavy atom. The summed E-state index contributed by atoms with van der Waals surface area (Å²) in [5, 5.41) is 0.545. The van der Waals surface area contributed by atoms with Crippen molar-refractivity contribution < 1.29 is 12.8 Å². The minimum Gasteiger partial charge on any atom is -0.431 e. The molecule has 0 spiro atoms. The first-order chi connectivity index (χ1) is 8.44. The van der Waals surface area contributed by atoms with Gasteiger partial charge in [-0.1, -0.05) is 11.8 Å². The van der Waals surface area contributed by atoms with Gasteiger partial charge in [0.25, 0.3) is 5.22 Å². The first kappa shape index (κ1) is 13.2. The Labute approximate surface area is 110 Å². The average Bonchev–Trinajstić information content (AvgIpc) is 2.65. The SMILES string of the molecule is CS(=O)(=O)CCCSc1nc2cc(N)ccc2o1. The van der Waals surface area contributed by atoms with E-state index in [1.165, 1.54) is 18.0 Å². The lowest BCUT2D eigenvalue weighted by Crippen LogP contribution is -2.03. The van der Waals surface area contributed by atoms with E-state index in [0.29, 0.717) is 28.7 Å². The van der Waals surface area contributed by atoms with Gasteiger partial charge in [0.05, 0.1) is 5.75 Å². The van der Waals surface area contributed by atoms with Crippen LogP contribution >= 0.6 is 11.8 Å². The van der Waals surface area contributed by atoms with Crippen LogP contribution in [0.2, 0.25) is 0 Å². The molecular weight excluding hydrogens is 272 g/mol. The molecule has 0 atom stereocenters. The molecule has 2 aromatic rings. The maximum absolute atomic E-state index is 11.0. The second-order valence-electron chi connectivity index (χ2n) is 4.04. The van der Waals surface area contributed by atoms with Crippen LogP contribution in [0.3, 0.4) is 0 Å². The summed E-state index contributed by atoms with van der Waals surface area (Å²) in [6, 6.07) is 5.28. The van der Waals surface area contributed by atoms with E-state index in [1.807, 2.05) is 0 Å². The topological polar surface area (TPSA) is 86.2 Å². The van der Waals surface area contributed by atoms with Crippen molar-refractivity contribution in [1.29, 1.82) is 0 Å². The summed E-state index contributed by atoms with van der Waals surface area (Å²) < 4.78 is 27.4. The Kier molecular flexibility index (Phi) is 3.82. The molecule has 18 heavy (non-hydrogen) atoms. The van der Waals surface area contributed by atoms with Gasteiger partial charge in [0.15, 0.2) is 5.58 Å². The molecule has 7 heteroatoms. The number of fused-ring (bicyclic) bond motifs is 1. The molecule has 0 saturated heterocycles. The molecule has 0 aliphatic carbocycles. The van der Waals surface area contributed by atoms with Crippen LogP contribution < -0.4 is 5.73 Å². The van der Waals surface area contributed by atoms with Gasteiger partial charge in [-0.15, -0.1) is 0 Å². The lowest BCUT2D eigenvalue weighted by Gasteiger charge is -1.96. The summed E-state index contributed by atoms with van der Waals surface area (Å²) in [6.45, 7) is 0. The predicted molar refractivity (Wildman–Crippen MR) is 73.5 cm³/mol. The van der Waals surface area contributed by atoms with Gasteiger partial charge in [0, 0.05) is 17.7 Å². The van der Waals surface area contributed by atoms with Crippen LogP contribution in [0.4, 0.5) is 5.69 Å². The first-order valence-corrected chi connectivity index (χ1v) is 8.45. The van der Waals surface area contributed by atoms with Gasteiger partial charge in [-0.2, -0.15) is 0 Å². The number of aromatic nitrogens is 1. The molecule has 0 aliphatic heterocycles. The molecular formula is C11H14N2O3S2. The van der Waals surface area contributed by atoms with Gasteiger partial charge >= 0.3 is 0 Å². The highest BCUT2D eigenvalue weighted by atomic mass is 32.2. The lowest BCUT2D eigenvalue weighted by atomic mass is 10.3. The summed E-state index contributed by atoms with van der Waals surface area (Å²) >= 11 is 1.41. The second kappa shape index (κ2) is 5.19. The summed E-state index contributed by atoms with van der Waals surface area (Å²) in [6.07, 6.45) is 1.82. The molecule has 0 aliphatic rings. The molecule has 1 heterocycles. The monoisotopic (exact) mass is 286 g/mol. The number of rotatable bonds is 5. The maximum Gasteiger partial charge on any atom is 0.256 e. The predicted octanol–water partition coefficient (Wildman–Crippen LogP) is 1.94. The zero-order valence-corrected chi connectivity index (χ0v) is 11.6. The zero-order chi connectivity index (χ0) is 13.2. The molecule has 1 aromatic carbocycles. The molecule has 1 aromatic heterocycles. The zero-order valence-electron chi connectivity index (χ0n) is 9.92. The highest BCUT2D eigenvalue weighted by molar-refractivity contribution is 7.99. The Morgan fingerprint density at radius 1 is 1.44 bits per heavy atom. The number of nitrogens with two attached hydrogens (primary N) is 1. The molecule has 0 unspecified atom stereocenters. The highest BCUT2D eigenvalue weighted by Gasteiger charge is 2.07. The number of nitrogens with zero attached hydrogens (tertiary/aromatic N) is 1. The van der Waals surface area contributed by atoms with E-state index in [4.69, 9.17) is 10.2 Å². The summed E-state index contributed by atoms with van der Waals surface area (Å²) in [5.41, 5.74) is 7.70. The van der Waals surface area contributed by atoms with Gasteiger partial charge in [-0.3, -0.25) is 0 Å². The molecule has 0 saturated carbocycles. The Morgan fingerprint density at radius 3 is 2.94 bits per heavy atom. The Hall–Kier alpha value is -1.21. The van der Waals surface area contributed by atoms with Crippen LogP contribution in [0.15, 0.2) is 27.8 Å². The average molecular weight is 286 g/mol. The van der Waals surface area contributed by atoms with Crippen LogP contribution in [0.25, 0.3) is 11.1 Å². The van der Waals surface area contributed by atoms with Gasteiger partial charge < -0.3 is 10.2 Å². The van der Waals surface area contributed by atoms with E-state index in [0.717, 1.165) is 5.52 Å². The first-order valence-electron chi connectivity index (χ1n) is 5.41. The van der Waals surface area contributed by atoms with Crippen LogP contribution in [-0.2, 0) is 9.84 Å². The molecule has 0 bridgehead atoms.